The Bertz CT molecular complexity index is 725. The van der Waals surface area contributed by atoms with Crippen LogP contribution in [0.2, 0.25) is 0 Å². The molecule has 0 radical (unpaired) electrons. The number of piperidine rings is 1. The number of fused-ring (bicyclic) bond motifs is 1. The van der Waals surface area contributed by atoms with Gasteiger partial charge in [-0.05, 0) is 69.2 Å². The molecule has 5 nitrogen and oxygen atoms in total. The summed E-state index contributed by atoms with van der Waals surface area (Å²) in [4.78, 5) is 12.3. The lowest BCUT2D eigenvalue weighted by Gasteiger charge is -2.35. The number of hydrogen-bond donors (Lipinski definition) is 3. The van der Waals surface area contributed by atoms with Gasteiger partial charge < -0.3 is 21.1 Å². The SMILES string of the molecule is CCCc1cc2c(cc1C(F)(F)F)OC1(CCCC1)C(=O)N2.NC1CCCNC1. The van der Waals surface area contributed by atoms with E-state index in [2.05, 4.69) is 10.6 Å². The Kier molecular flexibility index (Phi) is 6.73. The van der Waals surface area contributed by atoms with Gasteiger partial charge in [0.15, 0.2) is 5.60 Å². The number of rotatable bonds is 2. The van der Waals surface area contributed by atoms with Gasteiger partial charge in [-0.15, -0.1) is 0 Å². The molecule has 1 aromatic carbocycles. The molecule has 8 heteroatoms. The standard InChI is InChI=1S/C16H18F3NO2.C5H12N2/c1-2-5-10-8-12-13(9-11(10)16(17,18)19)22-15(14(21)20-12)6-3-4-7-15;6-5-2-1-3-7-4-5/h8-9H,2-7H2,1H3,(H,20,21);5,7H,1-4,6H2. The molecule has 2 heterocycles. The molecule has 1 saturated heterocycles. The highest BCUT2D eigenvalue weighted by atomic mass is 19.4. The average molecular weight is 413 g/mol. The van der Waals surface area contributed by atoms with E-state index in [9.17, 15) is 18.0 Å². The molecule has 1 aliphatic carbocycles. The Morgan fingerprint density at radius 2 is 1.97 bits per heavy atom. The number of ether oxygens (including phenoxy) is 1. The molecule has 4 rings (SSSR count). The molecule has 1 amide bonds. The van der Waals surface area contributed by atoms with Gasteiger partial charge in [-0.25, -0.2) is 0 Å². The molecule has 29 heavy (non-hydrogen) atoms. The number of nitrogens with one attached hydrogen (secondary N) is 2. The number of hydrogen-bond acceptors (Lipinski definition) is 4. The lowest BCUT2D eigenvalue weighted by molar-refractivity contribution is -0.138. The van der Waals surface area contributed by atoms with Gasteiger partial charge in [0.2, 0.25) is 0 Å². The van der Waals surface area contributed by atoms with E-state index in [1.807, 2.05) is 6.92 Å². The number of halogens is 3. The lowest BCUT2D eigenvalue weighted by Crippen LogP contribution is -2.48. The normalized spacial score (nSPS) is 22.9. The molecule has 1 aromatic rings. The molecule has 4 N–H and O–H groups in total. The van der Waals surface area contributed by atoms with Crippen molar-refractivity contribution in [2.45, 2.75) is 76.1 Å². The molecular formula is C21H30F3N3O2. The number of alkyl halides is 3. The zero-order valence-electron chi connectivity index (χ0n) is 16.8. The average Bonchev–Trinajstić information content (AvgIpc) is 3.13. The van der Waals surface area contributed by atoms with Crippen LogP contribution in [0.3, 0.4) is 0 Å². The van der Waals surface area contributed by atoms with Gasteiger partial charge in [0.25, 0.3) is 5.91 Å². The van der Waals surface area contributed by atoms with Crippen molar-refractivity contribution in [2.75, 3.05) is 18.4 Å². The molecule has 1 atom stereocenters. The van der Waals surface area contributed by atoms with E-state index in [4.69, 9.17) is 10.5 Å². The maximum absolute atomic E-state index is 13.2. The van der Waals surface area contributed by atoms with E-state index < -0.39 is 17.3 Å². The number of amides is 1. The molecule has 1 spiro atoms. The van der Waals surface area contributed by atoms with Gasteiger partial charge >= 0.3 is 6.18 Å². The first-order valence-corrected chi connectivity index (χ1v) is 10.5. The van der Waals surface area contributed by atoms with Crippen molar-refractivity contribution < 1.29 is 22.7 Å². The largest absolute Gasteiger partial charge is 0.475 e. The van der Waals surface area contributed by atoms with Gasteiger partial charge in [0.05, 0.1) is 11.3 Å². The predicted molar refractivity (Wildman–Crippen MR) is 106 cm³/mol. The summed E-state index contributed by atoms with van der Waals surface area (Å²) in [6, 6.07) is 2.87. The van der Waals surface area contributed by atoms with Gasteiger partial charge in [-0.1, -0.05) is 13.3 Å². The molecule has 0 aromatic heterocycles. The minimum Gasteiger partial charge on any atom is -0.475 e. The van der Waals surface area contributed by atoms with Crippen LogP contribution in [0.25, 0.3) is 0 Å². The third kappa shape index (κ3) is 5.04. The molecular weight excluding hydrogens is 383 g/mol. The van der Waals surface area contributed by atoms with Crippen molar-refractivity contribution >= 4 is 11.6 Å². The lowest BCUT2D eigenvalue weighted by atomic mass is 9.96. The second-order valence-corrected chi connectivity index (χ2v) is 8.12. The minimum absolute atomic E-state index is 0.133. The number of benzene rings is 1. The summed E-state index contributed by atoms with van der Waals surface area (Å²) in [7, 11) is 0. The van der Waals surface area contributed by atoms with Crippen LogP contribution < -0.4 is 21.1 Å². The summed E-state index contributed by atoms with van der Waals surface area (Å²) in [5.74, 6) is -0.103. The Balaban J connectivity index is 0.000000290. The summed E-state index contributed by atoms with van der Waals surface area (Å²) >= 11 is 0. The van der Waals surface area contributed by atoms with Crippen molar-refractivity contribution in [3.63, 3.8) is 0 Å². The quantitative estimate of drug-likeness (QED) is 0.685. The molecule has 1 saturated carbocycles. The number of nitrogens with two attached hydrogens (primary N) is 1. The zero-order chi connectivity index (χ0) is 21.1. The Labute approximate surface area is 169 Å². The molecule has 1 unspecified atom stereocenters. The summed E-state index contributed by atoms with van der Waals surface area (Å²) in [6.07, 6.45) is 1.74. The fourth-order valence-corrected chi connectivity index (χ4v) is 4.19. The van der Waals surface area contributed by atoms with Gasteiger partial charge in [-0.3, -0.25) is 4.79 Å². The van der Waals surface area contributed by atoms with Crippen LogP contribution in [-0.4, -0.2) is 30.6 Å². The van der Waals surface area contributed by atoms with Crippen LogP contribution in [-0.2, 0) is 17.4 Å². The molecule has 0 bridgehead atoms. The molecule has 162 valence electrons. The van der Waals surface area contributed by atoms with Crippen molar-refractivity contribution in [3.8, 4) is 5.75 Å². The number of aryl methyl sites for hydroxylation is 1. The Morgan fingerprint density at radius 3 is 2.48 bits per heavy atom. The predicted octanol–water partition coefficient (Wildman–Crippen LogP) is 4.00. The first-order valence-electron chi connectivity index (χ1n) is 10.5. The summed E-state index contributed by atoms with van der Waals surface area (Å²) < 4.78 is 45.5. The highest BCUT2D eigenvalue weighted by Gasteiger charge is 2.47. The van der Waals surface area contributed by atoms with Crippen LogP contribution >= 0.6 is 0 Å². The maximum atomic E-state index is 13.2. The van der Waals surface area contributed by atoms with Crippen molar-refractivity contribution in [1.82, 2.24) is 5.32 Å². The fraction of sp³-hybridized carbons (Fsp3) is 0.667. The second kappa shape index (κ2) is 8.92. The van der Waals surface area contributed by atoms with Crippen LogP contribution in [0.5, 0.6) is 5.75 Å². The van der Waals surface area contributed by atoms with Crippen LogP contribution in [0.1, 0.15) is 63.0 Å². The summed E-state index contributed by atoms with van der Waals surface area (Å²) in [5.41, 5.74) is 4.46. The second-order valence-electron chi connectivity index (χ2n) is 8.12. The number of carbonyl (C=O) groups is 1. The van der Waals surface area contributed by atoms with Crippen molar-refractivity contribution in [2.24, 2.45) is 5.73 Å². The summed E-state index contributed by atoms with van der Waals surface area (Å²) in [5, 5.41) is 5.95. The van der Waals surface area contributed by atoms with Crippen LogP contribution in [0, 0.1) is 0 Å². The number of carbonyl (C=O) groups excluding carboxylic acids is 1. The van der Waals surface area contributed by atoms with E-state index in [1.54, 1.807) is 0 Å². The molecule has 2 fully saturated rings. The topological polar surface area (TPSA) is 76.4 Å². The monoisotopic (exact) mass is 413 g/mol. The van der Waals surface area contributed by atoms with E-state index >= 15 is 0 Å². The molecule has 3 aliphatic rings. The Morgan fingerprint density at radius 1 is 1.24 bits per heavy atom. The first-order chi connectivity index (χ1) is 13.7. The van der Waals surface area contributed by atoms with E-state index in [1.165, 1.54) is 18.9 Å². The highest BCUT2D eigenvalue weighted by Crippen LogP contribution is 2.45. The number of anilines is 1. The van der Waals surface area contributed by atoms with Crippen LogP contribution in [0.15, 0.2) is 12.1 Å². The highest BCUT2D eigenvalue weighted by molar-refractivity contribution is 6.01. The van der Waals surface area contributed by atoms with E-state index in [0.717, 1.165) is 32.0 Å². The van der Waals surface area contributed by atoms with Gasteiger partial charge in [-0.2, -0.15) is 13.2 Å². The third-order valence-corrected chi connectivity index (χ3v) is 5.74. The van der Waals surface area contributed by atoms with Crippen LogP contribution in [0.4, 0.5) is 18.9 Å². The zero-order valence-corrected chi connectivity index (χ0v) is 16.8. The minimum atomic E-state index is -4.42. The smallest absolute Gasteiger partial charge is 0.416 e. The van der Waals surface area contributed by atoms with Crippen molar-refractivity contribution in [3.05, 3.63) is 23.3 Å². The molecule has 2 aliphatic heterocycles. The first kappa shape index (κ1) is 21.9. The van der Waals surface area contributed by atoms with E-state index in [0.29, 0.717) is 37.4 Å². The van der Waals surface area contributed by atoms with E-state index in [-0.39, 0.29) is 17.2 Å². The third-order valence-electron chi connectivity index (χ3n) is 5.74. The Hall–Kier alpha value is -1.80. The van der Waals surface area contributed by atoms with Crippen molar-refractivity contribution in [1.29, 1.82) is 0 Å². The van der Waals surface area contributed by atoms with Gasteiger partial charge in [0, 0.05) is 12.6 Å². The summed E-state index contributed by atoms with van der Waals surface area (Å²) in [6.45, 7) is 4.00. The maximum Gasteiger partial charge on any atom is 0.416 e. The fourth-order valence-electron chi connectivity index (χ4n) is 4.19. The van der Waals surface area contributed by atoms with Gasteiger partial charge in [0.1, 0.15) is 5.75 Å².